The molecule has 0 unspecified atom stereocenters. The van der Waals surface area contributed by atoms with Crippen LogP contribution < -0.4 is 5.73 Å². The molecule has 0 aromatic heterocycles. The zero-order valence-electron chi connectivity index (χ0n) is 9.21. The number of rotatable bonds is 4. The summed E-state index contributed by atoms with van der Waals surface area (Å²) < 4.78 is 35.2. The van der Waals surface area contributed by atoms with Gasteiger partial charge in [0.05, 0.1) is 12.2 Å². The lowest BCUT2D eigenvalue weighted by Crippen LogP contribution is -2.13. The Kier molecular flexibility index (Phi) is 4.08. The smallest absolute Gasteiger partial charge is 0.338 e. The lowest BCUT2D eigenvalue weighted by Gasteiger charge is -2.09. The molecule has 0 radical (unpaired) electrons. The first kappa shape index (κ1) is 13.5. The van der Waals surface area contributed by atoms with E-state index in [0.29, 0.717) is 0 Å². The van der Waals surface area contributed by atoms with Crippen LogP contribution in [-0.4, -0.2) is 25.5 Å². The van der Waals surface area contributed by atoms with E-state index < -0.39 is 21.8 Å². The number of hydrogen-bond acceptors (Lipinski definition) is 5. The summed E-state index contributed by atoms with van der Waals surface area (Å²) in [5.74, 6) is -1.38. The van der Waals surface area contributed by atoms with Crippen LogP contribution in [0.25, 0.3) is 0 Å². The average molecular weight is 259 g/mol. The molecule has 0 saturated carbocycles. The predicted octanol–water partition coefficient (Wildman–Crippen LogP) is 0.833. The molecule has 0 aliphatic carbocycles. The van der Waals surface area contributed by atoms with Gasteiger partial charge in [-0.25, -0.2) is 4.79 Å². The van der Waals surface area contributed by atoms with Crippen molar-refractivity contribution in [2.24, 2.45) is 0 Å². The van der Waals surface area contributed by atoms with Crippen molar-refractivity contribution >= 4 is 21.8 Å². The maximum atomic E-state index is 11.5. The summed E-state index contributed by atoms with van der Waals surface area (Å²) in [7, 11) is -4.26. The minimum Gasteiger partial charge on any atom is -0.462 e. The Hall–Kier alpha value is -1.60. The van der Waals surface area contributed by atoms with Gasteiger partial charge in [-0.05, 0) is 19.1 Å². The number of carbonyl (C=O) groups excluding carboxylic acids is 1. The van der Waals surface area contributed by atoms with Crippen molar-refractivity contribution in [3.8, 4) is 0 Å². The first-order valence-corrected chi connectivity index (χ1v) is 6.45. The van der Waals surface area contributed by atoms with Crippen LogP contribution >= 0.6 is 0 Å². The highest BCUT2D eigenvalue weighted by Gasteiger charge is 2.19. The van der Waals surface area contributed by atoms with Gasteiger partial charge in [-0.15, -0.1) is 0 Å². The monoisotopic (exact) mass is 259 g/mol. The number of hydrogen-bond donors (Lipinski definition) is 2. The number of nitrogens with two attached hydrogens (primary N) is 1. The summed E-state index contributed by atoms with van der Waals surface area (Å²) in [6, 6.07) is 4.35. The Balaban J connectivity index is 3.22. The summed E-state index contributed by atoms with van der Waals surface area (Å²) in [6.07, 6.45) is 0. The highest BCUT2D eigenvalue weighted by molar-refractivity contribution is 7.85. The van der Waals surface area contributed by atoms with E-state index >= 15 is 0 Å². The van der Waals surface area contributed by atoms with Gasteiger partial charge in [0.2, 0.25) is 0 Å². The topological polar surface area (TPSA) is 107 Å². The Morgan fingerprint density at radius 3 is 2.65 bits per heavy atom. The van der Waals surface area contributed by atoms with Gasteiger partial charge in [-0.1, -0.05) is 6.07 Å². The van der Waals surface area contributed by atoms with Crippen LogP contribution in [0, 0.1) is 0 Å². The van der Waals surface area contributed by atoms with Crippen LogP contribution in [0.2, 0.25) is 0 Å². The van der Waals surface area contributed by atoms with E-state index in [2.05, 4.69) is 0 Å². The highest BCUT2D eigenvalue weighted by Crippen LogP contribution is 2.20. The molecule has 94 valence electrons. The molecule has 0 spiro atoms. The molecule has 0 saturated heterocycles. The van der Waals surface area contributed by atoms with E-state index in [4.69, 9.17) is 15.0 Å². The van der Waals surface area contributed by atoms with Gasteiger partial charge in [0.1, 0.15) is 5.75 Å². The maximum absolute atomic E-state index is 11.5. The van der Waals surface area contributed by atoms with Crippen LogP contribution in [-0.2, 0) is 20.6 Å². The third-order valence-electron chi connectivity index (χ3n) is 2.03. The molecule has 0 atom stereocenters. The summed E-state index contributed by atoms with van der Waals surface area (Å²) in [6.45, 7) is 1.80. The molecule has 0 bridgehead atoms. The third-order valence-corrected chi connectivity index (χ3v) is 2.69. The molecule has 3 N–H and O–H groups in total. The van der Waals surface area contributed by atoms with Crippen molar-refractivity contribution in [3.05, 3.63) is 29.3 Å². The van der Waals surface area contributed by atoms with Gasteiger partial charge in [-0.2, -0.15) is 8.42 Å². The first-order chi connectivity index (χ1) is 7.85. The van der Waals surface area contributed by atoms with E-state index in [1.54, 1.807) is 6.92 Å². The summed E-state index contributed by atoms with van der Waals surface area (Å²) in [4.78, 5) is 11.5. The fourth-order valence-corrected chi connectivity index (χ4v) is 2.04. The molecular formula is C10H13NO5S. The molecule has 0 heterocycles. The Morgan fingerprint density at radius 2 is 2.12 bits per heavy atom. The van der Waals surface area contributed by atoms with E-state index in [-0.39, 0.29) is 23.4 Å². The quantitative estimate of drug-likeness (QED) is 0.471. The normalized spacial score (nSPS) is 11.2. The van der Waals surface area contributed by atoms with Gasteiger partial charge in [0.15, 0.2) is 0 Å². The van der Waals surface area contributed by atoms with Crippen LogP contribution in [0.3, 0.4) is 0 Å². The van der Waals surface area contributed by atoms with Crippen molar-refractivity contribution in [1.29, 1.82) is 0 Å². The van der Waals surface area contributed by atoms with Crippen molar-refractivity contribution in [3.63, 3.8) is 0 Å². The van der Waals surface area contributed by atoms with E-state index in [9.17, 15) is 13.2 Å². The number of nitrogen functional groups attached to an aromatic ring is 1. The fraction of sp³-hybridized carbons (Fsp3) is 0.300. The van der Waals surface area contributed by atoms with Crippen LogP contribution in [0.4, 0.5) is 5.69 Å². The third kappa shape index (κ3) is 3.72. The zero-order chi connectivity index (χ0) is 13.1. The molecule has 1 rings (SSSR count). The number of carbonyl (C=O) groups is 1. The molecule has 1 aromatic rings. The lowest BCUT2D eigenvalue weighted by molar-refractivity contribution is 0.0525. The van der Waals surface area contributed by atoms with Gasteiger partial charge in [0.25, 0.3) is 10.1 Å². The molecule has 17 heavy (non-hydrogen) atoms. The Bertz CT molecular complexity index is 523. The van der Waals surface area contributed by atoms with Crippen molar-refractivity contribution in [2.45, 2.75) is 12.7 Å². The van der Waals surface area contributed by atoms with Gasteiger partial charge in [0, 0.05) is 11.3 Å². The summed E-state index contributed by atoms with van der Waals surface area (Å²) in [5.41, 5.74) is 5.79. The van der Waals surface area contributed by atoms with Gasteiger partial charge < -0.3 is 10.5 Å². The molecule has 6 nitrogen and oxygen atoms in total. The highest BCUT2D eigenvalue weighted by atomic mass is 32.2. The zero-order valence-corrected chi connectivity index (χ0v) is 10.0. The predicted molar refractivity (Wildman–Crippen MR) is 62.1 cm³/mol. The average Bonchev–Trinajstić information content (AvgIpc) is 2.19. The van der Waals surface area contributed by atoms with Crippen molar-refractivity contribution in [1.82, 2.24) is 0 Å². The molecule has 0 amide bonds. The summed E-state index contributed by atoms with van der Waals surface area (Å²) >= 11 is 0. The molecule has 0 aliphatic heterocycles. The molecule has 1 aromatic carbocycles. The second kappa shape index (κ2) is 5.15. The van der Waals surface area contributed by atoms with Crippen LogP contribution in [0.15, 0.2) is 18.2 Å². The largest absolute Gasteiger partial charge is 0.462 e. The van der Waals surface area contributed by atoms with Crippen molar-refractivity contribution < 1.29 is 22.5 Å². The first-order valence-electron chi connectivity index (χ1n) is 4.84. The fourth-order valence-electron chi connectivity index (χ4n) is 1.35. The van der Waals surface area contributed by atoms with Gasteiger partial charge in [-0.3, -0.25) is 4.55 Å². The number of esters is 1. The number of anilines is 1. The van der Waals surface area contributed by atoms with E-state index in [1.807, 2.05) is 0 Å². The van der Waals surface area contributed by atoms with Crippen LogP contribution in [0.5, 0.6) is 0 Å². The second-order valence-corrected chi connectivity index (χ2v) is 4.77. The minimum absolute atomic E-state index is 0.0458. The Morgan fingerprint density at radius 1 is 1.47 bits per heavy atom. The standard InChI is InChI=1S/C10H13NO5S/c1-2-16-10(12)7-4-3-5-9(11)8(7)6-17(13,14)15/h3-5H,2,6,11H2,1H3,(H,13,14,15). The number of benzene rings is 1. The van der Waals surface area contributed by atoms with Gasteiger partial charge >= 0.3 is 5.97 Å². The molecule has 7 heteroatoms. The minimum atomic E-state index is -4.26. The SMILES string of the molecule is CCOC(=O)c1cccc(N)c1CS(=O)(=O)O. The number of ether oxygens (including phenoxy) is 1. The van der Waals surface area contributed by atoms with Crippen molar-refractivity contribution in [2.75, 3.05) is 12.3 Å². The second-order valence-electron chi connectivity index (χ2n) is 3.32. The summed E-state index contributed by atoms with van der Waals surface area (Å²) in [5, 5.41) is 0. The maximum Gasteiger partial charge on any atom is 0.338 e. The molecular weight excluding hydrogens is 246 g/mol. The van der Waals surface area contributed by atoms with E-state index in [0.717, 1.165) is 0 Å². The van der Waals surface area contributed by atoms with E-state index in [1.165, 1.54) is 18.2 Å². The van der Waals surface area contributed by atoms with Crippen LogP contribution in [0.1, 0.15) is 22.8 Å². The Labute approximate surface area is 99.1 Å². The molecule has 0 fully saturated rings. The molecule has 0 aliphatic rings. The lowest BCUT2D eigenvalue weighted by atomic mass is 10.1.